The number of hydrogen-bond acceptors (Lipinski definition) is 6. The van der Waals surface area contributed by atoms with E-state index in [1.165, 1.54) is 24.3 Å². The van der Waals surface area contributed by atoms with E-state index in [2.05, 4.69) is 19.9 Å². The molecule has 0 aliphatic carbocycles. The summed E-state index contributed by atoms with van der Waals surface area (Å²) in [6.07, 6.45) is 3.83. The van der Waals surface area contributed by atoms with Crippen molar-refractivity contribution in [1.29, 1.82) is 5.26 Å². The molecular weight excluding hydrogens is 486 g/mol. The van der Waals surface area contributed by atoms with Gasteiger partial charge in [0.25, 0.3) is 0 Å². The lowest BCUT2D eigenvalue weighted by atomic mass is 10.1. The Bertz CT molecular complexity index is 1520. The van der Waals surface area contributed by atoms with Crippen molar-refractivity contribution >= 4 is 26.6 Å². The van der Waals surface area contributed by atoms with E-state index in [4.69, 9.17) is 5.26 Å². The number of nitriles is 1. The van der Waals surface area contributed by atoms with Gasteiger partial charge in [0.1, 0.15) is 11.6 Å². The van der Waals surface area contributed by atoms with Gasteiger partial charge >= 0.3 is 0 Å². The normalized spacial score (nSPS) is 12.3. The van der Waals surface area contributed by atoms with Gasteiger partial charge in [0.05, 0.1) is 22.6 Å². The van der Waals surface area contributed by atoms with E-state index >= 15 is 0 Å². The van der Waals surface area contributed by atoms with Gasteiger partial charge in [-0.05, 0) is 53.9 Å². The Morgan fingerprint density at radius 1 is 1.03 bits per heavy atom. The third kappa shape index (κ3) is 6.67. The van der Waals surface area contributed by atoms with Crippen molar-refractivity contribution in [3.8, 4) is 17.5 Å². The zero-order chi connectivity index (χ0) is 26.3. The van der Waals surface area contributed by atoms with Crippen LogP contribution in [0, 0.1) is 11.3 Å². The van der Waals surface area contributed by atoms with Crippen LogP contribution in [0.2, 0.25) is 0 Å². The summed E-state index contributed by atoms with van der Waals surface area (Å²) < 4.78 is 29.1. The molecule has 0 bridgehead atoms. The van der Waals surface area contributed by atoms with Gasteiger partial charge in [-0.1, -0.05) is 56.2 Å². The number of carbonyl (C=O) groups is 1. The minimum Gasteiger partial charge on any atom is -0.300 e. The molecule has 0 aliphatic rings. The topological polar surface area (TPSA) is 129 Å². The van der Waals surface area contributed by atoms with Crippen molar-refractivity contribution in [3.05, 3.63) is 78.1 Å². The van der Waals surface area contributed by atoms with Crippen molar-refractivity contribution in [1.82, 2.24) is 19.9 Å². The average molecular weight is 516 g/mol. The van der Waals surface area contributed by atoms with E-state index < -0.39 is 16.1 Å². The van der Waals surface area contributed by atoms with Gasteiger partial charge in [0.2, 0.25) is 10.0 Å². The largest absolute Gasteiger partial charge is 0.300 e. The number of carbonyl (C=O) groups excluding carboxylic acids is 1. The standard InChI is InChI=1S/C28H29N5O3S/c1-2-24(34)10-4-3-5-11-26(33-37(35,36)25-16-12-20(19-29)13-17-25)28-30-27(31-32-28)23-15-14-21-8-6-7-9-22(21)18-23/h6-9,12-18,26,33H,2-5,10-11H2,1H3,(H,30,31,32)/t26-/m0/s1. The van der Waals surface area contributed by atoms with Crippen molar-refractivity contribution in [2.75, 3.05) is 0 Å². The second kappa shape index (κ2) is 11.9. The van der Waals surface area contributed by atoms with E-state index in [1.807, 2.05) is 55.5 Å². The second-order valence-corrected chi connectivity index (χ2v) is 10.6. The maximum Gasteiger partial charge on any atom is 0.241 e. The van der Waals surface area contributed by atoms with Crippen LogP contribution in [0.1, 0.15) is 62.9 Å². The number of sulfonamides is 1. The minimum atomic E-state index is -3.88. The molecule has 2 N–H and O–H groups in total. The summed E-state index contributed by atoms with van der Waals surface area (Å²) in [4.78, 5) is 16.3. The molecule has 0 unspecified atom stereocenters. The molecule has 0 amide bonds. The van der Waals surface area contributed by atoms with Crippen LogP contribution in [0.15, 0.2) is 71.6 Å². The molecule has 1 heterocycles. The predicted molar refractivity (Wildman–Crippen MR) is 142 cm³/mol. The molecule has 0 spiro atoms. The van der Waals surface area contributed by atoms with Gasteiger partial charge in [-0.3, -0.25) is 9.89 Å². The molecule has 4 aromatic rings. The number of H-pyrrole nitrogens is 1. The summed E-state index contributed by atoms with van der Waals surface area (Å²) in [7, 11) is -3.88. The number of aromatic amines is 1. The number of benzene rings is 3. The van der Waals surface area contributed by atoms with E-state index in [0.29, 0.717) is 42.9 Å². The first kappa shape index (κ1) is 26.2. The molecule has 1 atom stereocenters. The quantitative estimate of drug-likeness (QED) is 0.242. The van der Waals surface area contributed by atoms with E-state index in [1.54, 1.807) is 0 Å². The Kier molecular flexibility index (Phi) is 8.43. The predicted octanol–water partition coefficient (Wildman–Crippen LogP) is 5.45. The molecule has 4 rings (SSSR count). The fraction of sp³-hybridized carbons (Fsp3) is 0.286. The lowest BCUT2D eigenvalue weighted by Crippen LogP contribution is -2.29. The van der Waals surface area contributed by atoms with Crippen LogP contribution in [-0.4, -0.2) is 29.4 Å². The van der Waals surface area contributed by atoms with Crippen LogP contribution >= 0.6 is 0 Å². The highest BCUT2D eigenvalue weighted by molar-refractivity contribution is 7.89. The maximum absolute atomic E-state index is 13.2. The maximum atomic E-state index is 13.2. The number of aromatic nitrogens is 3. The van der Waals surface area contributed by atoms with Crippen molar-refractivity contribution in [2.45, 2.75) is 56.4 Å². The second-order valence-electron chi connectivity index (χ2n) is 8.91. The Balaban J connectivity index is 1.55. The number of nitrogens with one attached hydrogen (secondary N) is 2. The summed E-state index contributed by atoms with van der Waals surface area (Å²) in [6, 6.07) is 21.1. The summed E-state index contributed by atoms with van der Waals surface area (Å²) in [5, 5.41) is 18.5. The van der Waals surface area contributed by atoms with Gasteiger partial charge in [-0.2, -0.15) is 10.4 Å². The Morgan fingerprint density at radius 2 is 1.78 bits per heavy atom. The number of Topliss-reactive ketones (excluding diaryl/α,β-unsaturated/α-hetero) is 1. The SMILES string of the molecule is CCC(=O)CCCCC[C@H](NS(=O)(=O)c1ccc(C#N)cc1)c1nc(-c2ccc3ccccc3c2)n[nH]1. The molecular formula is C28H29N5O3S. The highest BCUT2D eigenvalue weighted by Crippen LogP contribution is 2.25. The third-order valence-corrected chi connectivity index (χ3v) is 7.76. The molecule has 1 aromatic heterocycles. The Labute approximate surface area is 216 Å². The van der Waals surface area contributed by atoms with Crippen LogP contribution in [0.25, 0.3) is 22.2 Å². The molecule has 0 aliphatic heterocycles. The first-order valence-corrected chi connectivity index (χ1v) is 13.8. The zero-order valence-electron chi connectivity index (χ0n) is 20.6. The van der Waals surface area contributed by atoms with Crippen LogP contribution < -0.4 is 4.72 Å². The van der Waals surface area contributed by atoms with Gasteiger partial charge < -0.3 is 0 Å². The molecule has 0 fully saturated rings. The Hall–Kier alpha value is -3.87. The van der Waals surface area contributed by atoms with E-state index in [9.17, 15) is 13.2 Å². The first-order valence-electron chi connectivity index (χ1n) is 12.4. The monoisotopic (exact) mass is 515 g/mol. The first-order chi connectivity index (χ1) is 17.9. The number of rotatable bonds is 12. The lowest BCUT2D eigenvalue weighted by molar-refractivity contribution is -0.118. The highest BCUT2D eigenvalue weighted by atomic mass is 32.2. The number of ketones is 1. The van der Waals surface area contributed by atoms with Gasteiger partial charge in [0, 0.05) is 18.4 Å². The van der Waals surface area contributed by atoms with Gasteiger partial charge in [-0.15, -0.1) is 0 Å². The summed E-state index contributed by atoms with van der Waals surface area (Å²) in [5.74, 6) is 1.13. The fourth-order valence-electron chi connectivity index (χ4n) is 4.13. The highest BCUT2D eigenvalue weighted by Gasteiger charge is 2.24. The smallest absolute Gasteiger partial charge is 0.241 e. The average Bonchev–Trinajstić information content (AvgIpc) is 3.42. The molecule has 9 heteroatoms. The zero-order valence-corrected chi connectivity index (χ0v) is 21.5. The summed E-state index contributed by atoms with van der Waals surface area (Å²) in [5.41, 5.74) is 1.21. The van der Waals surface area contributed by atoms with Crippen LogP contribution in [0.5, 0.6) is 0 Å². The summed E-state index contributed by atoms with van der Waals surface area (Å²) >= 11 is 0. The van der Waals surface area contributed by atoms with Crippen LogP contribution in [0.3, 0.4) is 0 Å². The van der Waals surface area contributed by atoms with Crippen LogP contribution in [0.4, 0.5) is 0 Å². The van der Waals surface area contributed by atoms with Crippen molar-refractivity contribution < 1.29 is 13.2 Å². The fourth-order valence-corrected chi connectivity index (χ4v) is 5.36. The Morgan fingerprint density at radius 3 is 2.51 bits per heavy atom. The van der Waals surface area contributed by atoms with Gasteiger partial charge in [0.15, 0.2) is 5.82 Å². The molecule has 190 valence electrons. The van der Waals surface area contributed by atoms with E-state index in [0.717, 1.165) is 29.2 Å². The molecule has 0 saturated heterocycles. The van der Waals surface area contributed by atoms with E-state index in [-0.39, 0.29) is 10.7 Å². The lowest BCUT2D eigenvalue weighted by Gasteiger charge is -2.16. The third-order valence-electron chi connectivity index (χ3n) is 6.27. The number of fused-ring (bicyclic) bond motifs is 1. The molecule has 0 saturated carbocycles. The molecule has 8 nitrogen and oxygen atoms in total. The molecule has 3 aromatic carbocycles. The minimum absolute atomic E-state index is 0.0688. The van der Waals surface area contributed by atoms with Crippen LogP contribution in [-0.2, 0) is 14.8 Å². The summed E-state index contributed by atoms with van der Waals surface area (Å²) in [6.45, 7) is 1.85. The number of hydrogen-bond donors (Lipinski definition) is 2. The number of unbranched alkanes of at least 4 members (excludes halogenated alkanes) is 2. The number of nitrogens with zero attached hydrogens (tertiary/aromatic N) is 3. The van der Waals surface area contributed by atoms with Crippen molar-refractivity contribution in [2.24, 2.45) is 0 Å². The van der Waals surface area contributed by atoms with Crippen molar-refractivity contribution in [3.63, 3.8) is 0 Å². The molecule has 37 heavy (non-hydrogen) atoms. The van der Waals surface area contributed by atoms with Gasteiger partial charge in [-0.25, -0.2) is 18.1 Å². The molecule has 0 radical (unpaired) electrons.